The van der Waals surface area contributed by atoms with Gasteiger partial charge in [-0.25, -0.2) is 0 Å². The summed E-state index contributed by atoms with van der Waals surface area (Å²) in [5, 5.41) is 21.6. The lowest BCUT2D eigenvalue weighted by Gasteiger charge is -2.04. The Hall–Kier alpha value is -2.45. The van der Waals surface area contributed by atoms with Gasteiger partial charge in [0, 0.05) is 32.9 Å². The summed E-state index contributed by atoms with van der Waals surface area (Å²) in [5.41, 5.74) is 0. The van der Waals surface area contributed by atoms with Crippen LogP contribution in [0.2, 0.25) is 0 Å². The monoisotopic (exact) mass is 284 g/mol. The first kappa shape index (κ1) is 15.6. The molecule has 0 aromatic carbocycles. The van der Waals surface area contributed by atoms with Crippen LogP contribution < -0.4 is 5.32 Å². The first-order valence-corrected chi connectivity index (χ1v) is 6.07. The lowest BCUT2D eigenvalue weighted by Crippen LogP contribution is -2.25. The number of carboxylic acids is 1. The van der Waals surface area contributed by atoms with Gasteiger partial charge < -0.3 is 25.1 Å². The molecule has 110 valence electrons. The van der Waals surface area contributed by atoms with Gasteiger partial charge >= 0.3 is 11.8 Å². The summed E-state index contributed by atoms with van der Waals surface area (Å²) >= 11 is 0. The molecule has 2 N–H and O–H groups in total. The third kappa shape index (κ3) is 5.04. The van der Waals surface area contributed by atoms with Crippen LogP contribution >= 0.6 is 0 Å². The molecule has 0 fully saturated rings. The Morgan fingerprint density at radius 3 is 2.75 bits per heavy atom. The number of nitro groups is 1. The van der Waals surface area contributed by atoms with E-state index in [2.05, 4.69) is 10.3 Å². The largest absolute Gasteiger partial charge is 0.481 e. The smallest absolute Gasteiger partial charge is 0.381 e. The summed E-state index contributed by atoms with van der Waals surface area (Å²) in [6.45, 7) is 2.21. The number of imidazole rings is 1. The third-order valence-corrected chi connectivity index (χ3v) is 2.62. The van der Waals surface area contributed by atoms with Crippen molar-refractivity contribution < 1.29 is 19.6 Å². The highest BCUT2D eigenvalue weighted by molar-refractivity contribution is 5.75. The SMILES string of the molecule is Cc1nc([N+](=O)[O-])cn1CCC(=O)NCCCC(=O)O. The summed E-state index contributed by atoms with van der Waals surface area (Å²) in [5.74, 6) is -0.911. The average molecular weight is 284 g/mol. The number of aryl methyl sites for hydroxylation is 2. The number of nitrogens with one attached hydrogen (secondary N) is 1. The van der Waals surface area contributed by atoms with Crippen molar-refractivity contribution in [1.29, 1.82) is 0 Å². The predicted molar refractivity (Wildman–Crippen MR) is 68.1 cm³/mol. The van der Waals surface area contributed by atoms with Gasteiger partial charge in [0.25, 0.3) is 0 Å². The minimum absolute atomic E-state index is 0.00705. The third-order valence-electron chi connectivity index (χ3n) is 2.62. The van der Waals surface area contributed by atoms with Crippen molar-refractivity contribution in [2.24, 2.45) is 0 Å². The minimum Gasteiger partial charge on any atom is -0.481 e. The molecule has 9 nitrogen and oxygen atoms in total. The molecule has 1 amide bonds. The molecule has 9 heteroatoms. The lowest BCUT2D eigenvalue weighted by molar-refractivity contribution is -0.389. The van der Waals surface area contributed by atoms with E-state index in [1.54, 1.807) is 6.92 Å². The molecule has 1 rings (SSSR count). The fraction of sp³-hybridized carbons (Fsp3) is 0.545. The molecule has 0 spiro atoms. The van der Waals surface area contributed by atoms with Gasteiger partial charge in [-0.2, -0.15) is 0 Å². The van der Waals surface area contributed by atoms with Crippen LogP contribution in [0.3, 0.4) is 0 Å². The maximum atomic E-state index is 11.5. The molecule has 0 aliphatic heterocycles. The van der Waals surface area contributed by atoms with Gasteiger partial charge in [-0.15, -0.1) is 0 Å². The number of aliphatic carboxylic acids is 1. The van der Waals surface area contributed by atoms with E-state index in [1.807, 2.05) is 0 Å². The van der Waals surface area contributed by atoms with Crippen LogP contribution in [0, 0.1) is 17.0 Å². The molecule has 0 radical (unpaired) electrons. The summed E-state index contributed by atoms with van der Waals surface area (Å²) in [6.07, 6.45) is 1.82. The van der Waals surface area contributed by atoms with E-state index < -0.39 is 10.9 Å². The second-order valence-corrected chi connectivity index (χ2v) is 4.19. The summed E-state index contributed by atoms with van der Waals surface area (Å²) in [7, 11) is 0. The van der Waals surface area contributed by atoms with Crippen molar-refractivity contribution in [1.82, 2.24) is 14.9 Å². The maximum Gasteiger partial charge on any atom is 0.381 e. The number of carbonyl (C=O) groups excluding carboxylic acids is 1. The molecule has 1 aromatic heterocycles. The number of rotatable bonds is 8. The Morgan fingerprint density at radius 1 is 1.50 bits per heavy atom. The van der Waals surface area contributed by atoms with E-state index >= 15 is 0 Å². The number of hydrogen-bond donors (Lipinski definition) is 2. The summed E-state index contributed by atoms with van der Waals surface area (Å²) in [6, 6.07) is 0. The Balaban J connectivity index is 2.34. The minimum atomic E-state index is -0.902. The van der Waals surface area contributed by atoms with Gasteiger partial charge in [0.1, 0.15) is 6.20 Å². The maximum absolute atomic E-state index is 11.5. The van der Waals surface area contributed by atoms with Crippen molar-refractivity contribution >= 4 is 17.7 Å². The van der Waals surface area contributed by atoms with Gasteiger partial charge in [-0.3, -0.25) is 9.59 Å². The fourth-order valence-electron chi connectivity index (χ4n) is 1.58. The number of aromatic nitrogens is 2. The van der Waals surface area contributed by atoms with Crippen molar-refractivity contribution in [2.75, 3.05) is 6.54 Å². The Morgan fingerprint density at radius 2 is 2.20 bits per heavy atom. The number of hydrogen-bond acceptors (Lipinski definition) is 5. The zero-order valence-corrected chi connectivity index (χ0v) is 11.0. The standard InChI is InChI=1S/C11H16N4O5/c1-8-13-9(15(19)20)7-14(8)6-4-10(16)12-5-2-3-11(17)18/h7H,2-6H2,1H3,(H,12,16)(H,17,18). The van der Waals surface area contributed by atoms with Crippen molar-refractivity contribution in [3.63, 3.8) is 0 Å². The van der Waals surface area contributed by atoms with Gasteiger partial charge in [0.15, 0.2) is 0 Å². The van der Waals surface area contributed by atoms with Crippen molar-refractivity contribution in [2.45, 2.75) is 32.7 Å². The summed E-state index contributed by atoms with van der Waals surface area (Å²) in [4.78, 5) is 35.5. The first-order valence-electron chi connectivity index (χ1n) is 6.07. The van der Waals surface area contributed by atoms with Crippen LogP contribution in [0.25, 0.3) is 0 Å². The van der Waals surface area contributed by atoms with Crippen LogP contribution in [-0.4, -0.2) is 38.0 Å². The summed E-state index contributed by atoms with van der Waals surface area (Å²) < 4.78 is 1.54. The van der Waals surface area contributed by atoms with Gasteiger partial charge in [-0.1, -0.05) is 0 Å². The van der Waals surface area contributed by atoms with Crippen molar-refractivity contribution in [3.05, 3.63) is 22.1 Å². The number of carbonyl (C=O) groups is 2. The van der Waals surface area contributed by atoms with Crippen LogP contribution in [-0.2, 0) is 16.1 Å². The molecule has 0 saturated carbocycles. The number of nitrogens with zero attached hydrogens (tertiary/aromatic N) is 3. The number of amides is 1. The highest BCUT2D eigenvalue weighted by atomic mass is 16.6. The van der Waals surface area contributed by atoms with E-state index in [0.29, 0.717) is 18.8 Å². The van der Waals surface area contributed by atoms with Gasteiger partial charge in [-0.05, 0) is 16.3 Å². The first-order chi connectivity index (χ1) is 9.40. The normalized spacial score (nSPS) is 10.2. The average Bonchev–Trinajstić information content (AvgIpc) is 2.74. The van der Waals surface area contributed by atoms with Crippen LogP contribution in [0.5, 0.6) is 0 Å². The van der Waals surface area contributed by atoms with E-state index in [-0.39, 0.29) is 31.1 Å². The zero-order chi connectivity index (χ0) is 15.1. The molecule has 0 bridgehead atoms. The van der Waals surface area contributed by atoms with Gasteiger partial charge in [0.05, 0.1) is 0 Å². The molecule has 0 unspecified atom stereocenters. The molecule has 1 aromatic rings. The molecule has 20 heavy (non-hydrogen) atoms. The van der Waals surface area contributed by atoms with Crippen LogP contribution in [0.15, 0.2) is 6.20 Å². The van der Waals surface area contributed by atoms with Crippen LogP contribution in [0.1, 0.15) is 25.1 Å². The second kappa shape index (κ2) is 7.22. The molecule has 0 aliphatic rings. The highest BCUT2D eigenvalue weighted by Gasteiger charge is 2.15. The quantitative estimate of drug-likeness (QED) is 0.406. The van der Waals surface area contributed by atoms with Crippen LogP contribution in [0.4, 0.5) is 5.82 Å². The van der Waals surface area contributed by atoms with Gasteiger partial charge in [0.2, 0.25) is 11.7 Å². The van der Waals surface area contributed by atoms with E-state index in [4.69, 9.17) is 5.11 Å². The molecule has 0 atom stereocenters. The molecule has 0 aliphatic carbocycles. The molecule has 1 heterocycles. The highest BCUT2D eigenvalue weighted by Crippen LogP contribution is 2.10. The fourth-order valence-corrected chi connectivity index (χ4v) is 1.58. The second-order valence-electron chi connectivity index (χ2n) is 4.19. The topological polar surface area (TPSA) is 127 Å². The predicted octanol–water partition coefficient (Wildman–Crippen LogP) is 0.471. The van der Waals surface area contributed by atoms with E-state index in [9.17, 15) is 19.7 Å². The molecule has 0 saturated heterocycles. The molecular weight excluding hydrogens is 268 g/mol. The van der Waals surface area contributed by atoms with E-state index in [0.717, 1.165) is 0 Å². The Bertz CT molecular complexity index is 511. The Kier molecular flexibility index (Phi) is 5.63. The Labute approximate surface area is 114 Å². The number of carboxylic acid groups (broad SMARTS) is 1. The molecular formula is C11H16N4O5. The van der Waals surface area contributed by atoms with E-state index in [1.165, 1.54) is 10.8 Å². The lowest BCUT2D eigenvalue weighted by atomic mass is 10.3. The van der Waals surface area contributed by atoms with Crippen molar-refractivity contribution in [3.8, 4) is 0 Å². The zero-order valence-electron chi connectivity index (χ0n) is 11.0.